The zero-order valence-electron chi connectivity index (χ0n) is 19.8. The van der Waals surface area contributed by atoms with E-state index >= 15 is 0 Å². The molecule has 0 aliphatic carbocycles. The molecule has 1 aliphatic heterocycles. The highest BCUT2D eigenvalue weighted by Gasteiger charge is 2.38. The second-order valence-corrected chi connectivity index (χ2v) is 8.90. The zero-order valence-corrected chi connectivity index (χ0v) is 21.4. The van der Waals surface area contributed by atoms with Crippen molar-refractivity contribution in [1.82, 2.24) is 15.1 Å². The van der Waals surface area contributed by atoms with E-state index in [0.29, 0.717) is 30.9 Å². The highest BCUT2D eigenvalue weighted by molar-refractivity contribution is 9.10. The lowest BCUT2D eigenvalue weighted by Crippen LogP contribution is -2.50. The molecule has 3 rings (SSSR count). The van der Waals surface area contributed by atoms with Gasteiger partial charge < -0.3 is 25.5 Å². The van der Waals surface area contributed by atoms with Crippen LogP contribution in [0.15, 0.2) is 53.0 Å². The lowest BCUT2D eigenvalue weighted by atomic mass is 10.1. The number of alkyl halides is 3. The summed E-state index contributed by atoms with van der Waals surface area (Å²) in [7, 11) is 0. The molecule has 0 radical (unpaired) electrons. The summed E-state index contributed by atoms with van der Waals surface area (Å²) in [6.45, 7) is 4.59. The molecule has 0 spiro atoms. The number of piperazine rings is 1. The topological polar surface area (TPSA) is 119 Å². The van der Waals surface area contributed by atoms with E-state index in [4.69, 9.17) is 9.90 Å². The molecule has 0 saturated carbocycles. The lowest BCUT2D eigenvalue weighted by molar-refractivity contribution is -0.192. The zero-order chi connectivity index (χ0) is 27.6. The fourth-order valence-corrected chi connectivity index (χ4v) is 3.53. The maximum Gasteiger partial charge on any atom is 0.490 e. The average molecular weight is 587 g/mol. The fourth-order valence-electron chi connectivity index (χ4n) is 3.27. The van der Waals surface area contributed by atoms with Gasteiger partial charge in [0.25, 0.3) is 5.91 Å². The minimum atomic E-state index is -5.08. The summed E-state index contributed by atoms with van der Waals surface area (Å²) in [5, 5.41) is 13.0. The molecule has 3 amide bonds. The van der Waals surface area contributed by atoms with E-state index in [-0.39, 0.29) is 24.3 Å². The quantitative estimate of drug-likeness (QED) is 0.478. The first kappa shape index (κ1) is 29.8. The Kier molecular flexibility index (Phi) is 11.1. The molecule has 2 aromatic rings. The molecule has 0 bridgehead atoms. The van der Waals surface area contributed by atoms with Gasteiger partial charge in [-0.05, 0) is 42.0 Å². The van der Waals surface area contributed by atoms with Gasteiger partial charge in [0.2, 0.25) is 11.8 Å². The predicted molar refractivity (Wildman–Crippen MR) is 133 cm³/mol. The number of hydrogen-bond donors (Lipinski definition) is 3. The molecule has 1 saturated heterocycles. The Bertz CT molecular complexity index is 1090. The molecule has 0 unspecified atom stereocenters. The second-order valence-electron chi connectivity index (χ2n) is 7.98. The van der Waals surface area contributed by atoms with Crippen LogP contribution in [0, 0.1) is 0 Å². The molecule has 1 fully saturated rings. The van der Waals surface area contributed by atoms with Crippen LogP contribution in [0.25, 0.3) is 0 Å². The van der Waals surface area contributed by atoms with Gasteiger partial charge in [0.1, 0.15) is 6.54 Å². The van der Waals surface area contributed by atoms with Crippen LogP contribution in [0.1, 0.15) is 22.8 Å². The van der Waals surface area contributed by atoms with Crippen molar-refractivity contribution in [3.05, 3.63) is 64.1 Å². The number of carboxylic acid groups (broad SMARTS) is 1. The third kappa shape index (κ3) is 10.2. The summed E-state index contributed by atoms with van der Waals surface area (Å²) in [6, 6.07) is 14.4. The van der Waals surface area contributed by atoms with Crippen LogP contribution in [0.4, 0.5) is 18.9 Å². The van der Waals surface area contributed by atoms with E-state index in [1.54, 1.807) is 34.1 Å². The number of carboxylic acids is 1. The number of amides is 3. The molecule has 1 heterocycles. The second kappa shape index (κ2) is 13.7. The van der Waals surface area contributed by atoms with Gasteiger partial charge in [-0.15, -0.1) is 0 Å². The SMILES string of the molecule is CC(=O)Nc1ccc(C(=O)N(CC(=O)N2CCNCC2)Cc2ccc(Br)cc2)cc1.O=C(O)C(F)(F)F. The van der Waals surface area contributed by atoms with Crippen LogP contribution in [-0.2, 0) is 20.9 Å². The van der Waals surface area contributed by atoms with Crippen molar-refractivity contribution < 1.29 is 37.5 Å². The van der Waals surface area contributed by atoms with E-state index < -0.39 is 12.1 Å². The molecule has 3 N–H and O–H groups in total. The maximum absolute atomic E-state index is 13.2. The molecule has 0 atom stereocenters. The first-order chi connectivity index (χ1) is 17.4. The summed E-state index contributed by atoms with van der Waals surface area (Å²) in [6.07, 6.45) is -5.08. The Morgan fingerprint density at radius 1 is 1.03 bits per heavy atom. The number of nitrogens with one attached hydrogen (secondary N) is 2. The van der Waals surface area contributed by atoms with Crippen molar-refractivity contribution in [3.8, 4) is 0 Å². The molecule has 1 aliphatic rings. The Labute approximate surface area is 219 Å². The molecular weight excluding hydrogens is 561 g/mol. The minimum absolute atomic E-state index is 0.0162. The predicted octanol–water partition coefficient (Wildman–Crippen LogP) is 3.12. The fraction of sp³-hybridized carbons (Fsp3) is 0.333. The number of hydrogen-bond acceptors (Lipinski definition) is 5. The van der Waals surface area contributed by atoms with E-state index in [0.717, 1.165) is 23.1 Å². The number of carbonyl (C=O) groups excluding carboxylic acids is 3. The maximum atomic E-state index is 13.2. The molecule has 37 heavy (non-hydrogen) atoms. The van der Waals surface area contributed by atoms with Gasteiger partial charge in [-0.25, -0.2) is 4.79 Å². The van der Waals surface area contributed by atoms with Gasteiger partial charge in [-0.3, -0.25) is 14.4 Å². The van der Waals surface area contributed by atoms with Crippen molar-refractivity contribution in [2.24, 2.45) is 0 Å². The Hall–Kier alpha value is -3.45. The van der Waals surface area contributed by atoms with E-state index in [2.05, 4.69) is 26.6 Å². The van der Waals surface area contributed by atoms with Gasteiger partial charge in [0, 0.05) is 55.4 Å². The van der Waals surface area contributed by atoms with Gasteiger partial charge in [0.15, 0.2) is 0 Å². The van der Waals surface area contributed by atoms with Crippen LogP contribution in [0.5, 0.6) is 0 Å². The first-order valence-corrected chi connectivity index (χ1v) is 11.9. The largest absolute Gasteiger partial charge is 0.490 e. The Balaban J connectivity index is 0.000000604. The van der Waals surface area contributed by atoms with Crippen LogP contribution in [0.2, 0.25) is 0 Å². The van der Waals surface area contributed by atoms with Crippen molar-refractivity contribution in [3.63, 3.8) is 0 Å². The summed E-state index contributed by atoms with van der Waals surface area (Å²) >= 11 is 3.42. The highest BCUT2D eigenvalue weighted by Crippen LogP contribution is 2.17. The van der Waals surface area contributed by atoms with E-state index in [1.165, 1.54) is 6.92 Å². The number of nitrogens with zero attached hydrogens (tertiary/aromatic N) is 2. The number of anilines is 1. The number of halogens is 4. The summed E-state index contributed by atoms with van der Waals surface area (Å²) in [5.41, 5.74) is 2.03. The first-order valence-electron chi connectivity index (χ1n) is 11.1. The van der Waals surface area contributed by atoms with Crippen LogP contribution in [-0.4, -0.2) is 77.5 Å². The van der Waals surface area contributed by atoms with Gasteiger partial charge in [-0.2, -0.15) is 13.2 Å². The molecule has 200 valence electrons. The smallest absolute Gasteiger partial charge is 0.475 e. The van der Waals surface area contributed by atoms with Gasteiger partial charge in [0.05, 0.1) is 0 Å². The number of aliphatic carboxylic acids is 1. The van der Waals surface area contributed by atoms with Crippen molar-refractivity contribution in [2.45, 2.75) is 19.6 Å². The van der Waals surface area contributed by atoms with Crippen LogP contribution < -0.4 is 10.6 Å². The molecule has 2 aromatic carbocycles. The van der Waals surface area contributed by atoms with Crippen molar-refractivity contribution in [1.29, 1.82) is 0 Å². The van der Waals surface area contributed by atoms with Crippen molar-refractivity contribution in [2.75, 3.05) is 38.0 Å². The molecule has 13 heteroatoms. The van der Waals surface area contributed by atoms with Gasteiger partial charge in [-0.1, -0.05) is 28.1 Å². The monoisotopic (exact) mass is 586 g/mol. The molecular formula is C24H26BrF3N4O5. The Morgan fingerprint density at radius 3 is 2.05 bits per heavy atom. The summed E-state index contributed by atoms with van der Waals surface area (Å²) in [4.78, 5) is 49.5. The minimum Gasteiger partial charge on any atom is -0.475 e. The van der Waals surface area contributed by atoms with Crippen LogP contribution >= 0.6 is 15.9 Å². The number of benzene rings is 2. The van der Waals surface area contributed by atoms with Gasteiger partial charge >= 0.3 is 12.1 Å². The standard InChI is InChI=1S/C22H25BrN4O3.C2HF3O2/c1-16(28)25-20-8-4-18(5-9-20)22(30)27(14-17-2-6-19(23)7-3-17)15-21(29)26-12-10-24-11-13-26;3-2(4,5)1(6)7/h2-9,24H,10-15H2,1H3,(H,25,28);(H,6,7). The Morgan fingerprint density at radius 2 is 1.57 bits per heavy atom. The number of carbonyl (C=O) groups is 4. The molecule has 9 nitrogen and oxygen atoms in total. The molecule has 0 aromatic heterocycles. The normalized spacial score (nSPS) is 13.2. The van der Waals surface area contributed by atoms with Crippen LogP contribution in [0.3, 0.4) is 0 Å². The third-order valence-corrected chi connectivity index (χ3v) is 5.59. The van der Waals surface area contributed by atoms with E-state index in [1.807, 2.05) is 24.3 Å². The average Bonchev–Trinajstić information content (AvgIpc) is 2.85. The third-order valence-electron chi connectivity index (χ3n) is 5.06. The highest BCUT2D eigenvalue weighted by atomic mass is 79.9. The summed E-state index contributed by atoms with van der Waals surface area (Å²) < 4.78 is 32.7. The lowest BCUT2D eigenvalue weighted by Gasteiger charge is -2.30. The summed E-state index contributed by atoms with van der Waals surface area (Å²) in [5.74, 6) is -3.22. The van der Waals surface area contributed by atoms with E-state index in [9.17, 15) is 27.6 Å². The van der Waals surface area contributed by atoms with Crippen molar-refractivity contribution >= 4 is 45.3 Å². The number of rotatable bonds is 6.